The van der Waals surface area contributed by atoms with Crippen LogP contribution in [-0.4, -0.2) is 22.1 Å². The number of halogens is 3. The van der Waals surface area contributed by atoms with Crippen LogP contribution in [-0.2, 0) is 19.9 Å². The molecule has 2 aromatic carbocycles. The molecule has 0 saturated carbocycles. The average molecular weight is 443 g/mol. The van der Waals surface area contributed by atoms with Gasteiger partial charge in [0.05, 0.1) is 26.0 Å². The Morgan fingerprint density at radius 2 is 1.44 bits per heavy atom. The first-order valence-electron chi connectivity index (χ1n) is 6.97. The maximum Gasteiger partial charge on any atom is 0.263 e. The molecule has 0 bridgehead atoms. The van der Waals surface area contributed by atoms with E-state index in [-0.39, 0.29) is 30.5 Å². The van der Waals surface area contributed by atoms with E-state index in [1.807, 2.05) is 0 Å². The van der Waals surface area contributed by atoms with E-state index in [4.69, 9.17) is 34.8 Å². The molecule has 1 N–H and O–H groups in total. The minimum atomic E-state index is -4.18. The molecule has 2 rings (SSSR count). The summed E-state index contributed by atoms with van der Waals surface area (Å²) in [6.07, 6.45) is 0. The van der Waals surface area contributed by atoms with Crippen molar-refractivity contribution in [3.63, 3.8) is 0 Å². The molecule has 136 valence electrons. The van der Waals surface area contributed by atoms with Crippen LogP contribution < -0.4 is 4.72 Å². The van der Waals surface area contributed by atoms with Crippen molar-refractivity contribution in [3.8, 4) is 0 Å². The van der Waals surface area contributed by atoms with Crippen molar-refractivity contribution >= 4 is 60.4 Å². The zero-order valence-corrected chi connectivity index (χ0v) is 17.0. The van der Waals surface area contributed by atoms with Gasteiger partial charge in [-0.05, 0) is 38.1 Å². The van der Waals surface area contributed by atoms with Crippen LogP contribution in [0.15, 0.2) is 46.2 Å². The Morgan fingerprint density at radius 1 is 0.880 bits per heavy atom. The third-order valence-corrected chi connectivity index (χ3v) is 8.34. The van der Waals surface area contributed by atoms with E-state index in [1.54, 1.807) is 0 Å². The first-order chi connectivity index (χ1) is 11.5. The molecule has 10 heteroatoms. The van der Waals surface area contributed by atoms with Gasteiger partial charge in [-0.25, -0.2) is 16.8 Å². The molecule has 25 heavy (non-hydrogen) atoms. The van der Waals surface area contributed by atoms with Crippen LogP contribution in [0.5, 0.6) is 0 Å². The molecule has 0 aliphatic carbocycles. The maximum absolute atomic E-state index is 12.6. The summed E-state index contributed by atoms with van der Waals surface area (Å²) < 4.78 is 52.6. The van der Waals surface area contributed by atoms with Gasteiger partial charge in [-0.15, -0.1) is 0 Å². The quantitative estimate of drug-likeness (QED) is 0.732. The minimum Gasteiger partial charge on any atom is -0.278 e. The lowest BCUT2D eigenvalue weighted by Gasteiger charge is -2.16. The van der Waals surface area contributed by atoms with Crippen molar-refractivity contribution in [1.82, 2.24) is 0 Å². The second kappa shape index (κ2) is 7.32. The van der Waals surface area contributed by atoms with Crippen molar-refractivity contribution < 1.29 is 16.8 Å². The van der Waals surface area contributed by atoms with E-state index >= 15 is 0 Å². The van der Waals surface area contributed by atoms with Gasteiger partial charge in [0, 0.05) is 0 Å². The molecular weight excluding hydrogens is 429 g/mol. The fourth-order valence-electron chi connectivity index (χ4n) is 2.01. The Balaban J connectivity index is 2.62. The lowest BCUT2D eigenvalue weighted by molar-refractivity contribution is 0.588. The maximum atomic E-state index is 12.6. The van der Waals surface area contributed by atoms with E-state index in [0.717, 1.165) is 0 Å². The van der Waals surface area contributed by atoms with Gasteiger partial charge in [0.2, 0.25) is 0 Å². The zero-order chi connectivity index (χ0) is 19.0. The highest BCUT2D eigenvalue weighted by atomic mass is 35.5. The Bertz CT molecular complexity index is 1020. The summed E-state index contributed by atoms with van der Waals surface area (Å²) in [5.41, 5.74) is -0.155. The standard InChI is InChI=1S/C15H14Cl3NO4S2/c1-9(2)24(20,21)15-11(17)6-3-7-12(15)19-25(22,23)13-8-4-5-10(16)14(13)18/h3-9,19H,1-2H3. The normalized spacial score (nSPS) is 12.4. The Hall–Kier alpha value is -0.990. The summed E-state index contributed by atoms with van der Waals surface area (Å²) in [5.74, 6) is 0. The fraction of sp³-hybridized carbons (Fsp3) is 0.200. The molecule has 2 aromatic rings. The molecule has 0 atom stereocenters. The van der Waals surface area contributed by atoms with Gasteiger partial charge in [-0.3, -0.25) is 4.72 Å². The van der Waals surface area contributed by atoms with Gasteiger partial charge in [-0.2, -0.15) is 0 Å². The number of anilines is 1. The van der Waals surface area contributed by atoms with E-state index in [9.17, 15) is 16.8 Å². The monoisotopic (exact) mass is 441 g/mol. The summed E-state index contributed by atoms with van der Waals surface area (Å²) in [5, 5.41) is -0.964. The summed E-state index contributed by atoms with van der Waals surface area (Å²) in [6.45, 7) is 2.95. The number of benzene rings is 2. The fourth-order valence-corrected chi connectivity index (χ4v) is 5.64. The lowest BCUT2D eigenvalue weighted by Crippen LogP contribution is -2.20. The average Bonchev–Trinajstić information content (AvgIpc) is 2.49. The van der Waals surface area contributed by atoms with E-state index in [0.29, 0.717) is 0 Å². The predicted molar refractivity (Wildman–Crippen MR) is 101 cm³/mol. The third-order valence-electron chi connectivity index (χ3n) is 3.32. The van der Waals surface area contributed by atoms with Crippen LogP contribution in [0.3, 0.4) is 0 Å². The van der Waals surface area contributed by atoms with Crippen LogP contribution in [0.4, 0.5) is 5.69 Å². The molecule has 5 nitrogen and oxygen atoms in total. The van der Waals surface area contributed by atoms with Gasteiger partial charge in [-0.1, -0.05) is 46.9 Å². The summed E-state index contributed by atoms with van der Waals surface area (Å²) >= 11 is 17.8. The van der Waals surface area contributed by atoms with E-state index < -0.39 is 25.1 Å². The van der Waals surface area contributed by atoms with Gasteiger partial charge in [0.15, 0.2) is 9.84 Å². The molecule has 0 spiro atoms. The first kappa shape index (κ1) is 20.3. The van der Waals surface area contributed by atoms with Gasteiger partial charge in [0.1, 0.15) is 9.79 Å². The zero-order valence-electron chi connectivity index (χ0n) is 13.1. The number of hydrogen-bond donors (Lipinski definition) is 1. The van der Waals surface area contributed by atoms with Gasteiger partial charge >= 0.3 is 0 Å². The second-order valence-electron chi connectivity index (χ2n) is 5.37. The Labute approximate surface area is 161 Å². The van der Waals surface area contributed by atoms with Gasteiger partial charge < -0.3 is 0 Å². The smallest absolute Gasteiger partial charge is 0.263 e. The number of hydrogen-bond acceptors (Lipinski definition) is 4. The molecule has 0 unspecified atom stereocenters. The largest absolute Gasteiger partial charge is 0.278 e. The number of rotatable bonds is 5. The van der Waals surface area contributed by atoms with Crippen molar-refractivity contribution in [2.45, 2.75) is 28.9 Å². The highest BCUT2D eigenvalue weighted by Crippen LogP contribution is 2.35. The highest BCUT2D eigenvalue weighted by molar-refractivity contribution is 7.93. The van der Waals surface area contributed by atoms with E-state index in [2.05, 4.69) is 4.72 Å². The summed E-state index contributed by atoms with van der Waals surface area (Å²) in [7, 11) is -8.01. The minimum absolute atomic E-state index is 0.0608. The van der Waals surface area contributed by atoms with Crippen molar-refractivity contribution in [2.75, 3.05) is 4.72 Å². The lowest BCUT2D eigenvalue weighted by atomic mass is 10.3. The van der Waals surface area contributed by atoms with Gasteiger partial charge in [0.25, 0.3) is 10.0 Å². The topological polar surface area (TPSA) is 80.3 Å². The SMILES string of the molecule is CC(C)S(=O)(=O)c1c(Cl)cccc1NS(=O)(=O)c1cccc(Cl)c1Cl. The molecule has 0 fully saturated rings. The van der Waals surface area contributed by atoms with Crippen molar-refractivity contribution in [1.29, 1.82) is 0 Å². The number of sulfonamides is 1. The van der Waals surface area contributed by atoms with Crippen molar-refractivity contribution in [2.24, 2.45) is 0 Å². The molecule has 0 amide bonds. The summed E-state index contributed by atoms with van der Waals surface area (Å²) in [4.78, 5) is -0.553. The predicted octanol–water partition coefficient (Wildman–Crippen LogP) is 4.63. The number of nitrogens with one attached hydrogen (secondary N) is 1. The Kier molecular flexibility index (Phi) is 5.95. The van der Waals surface area contributed by atoms with Crippen LogP contribution in [0, 0.1) is 0 Å². The number of sulfone groups is 1. The molecule has 0 saturated heterocycles. The summed E-state index contributed by atoms with van der Waals surface area (Å²) in [6, 6.07) is 8.26. The Morgan fingerprint density at radius 3 is 2.04 bits per heavy atom. The van der Waals surface area contributed by atoms with Crippen molar-refractivity contribution in [3.05, 3.63) is 51.5 Å². The van der Waals surface area contributed by atoms with Crippen LogP contribution in [0.2, 0.25) is 15.1 Å². The molecular formula is C15H14Cl3NO4S2. The molecule has 0 aliphatic heterocycles. The molecule has 0 heterocycles. The first-order valence-corrected chi connectivity index (χ1v) is 11.1. The third kappa shape index (κ3) is 4.06. The molecule has 0 radical (unpaired) electrons. The van der Waals surface area contributed by atoms with Crippen LogP contribution in [0.25, 0.3) is 0 Å². The van der Waals surface area contributed by atoms with Crippen LogP contribution in [0.1, 0.15) is 13.8 Å². The van der Waals surface area contributed by atoms with Crippen LogP contribution >= 0.6 is 34.8 Å². The molecule has 0 aliphatic rings. The van der Waals surface area contributed by atoms with E-state index in [1.165, 1.54) is 50.2 Å². The molecule has 0 aromatic heterocycles. The highest BCUT2D eigenvalue weighted by Gasteiger charge is 2.28. The second-order valence-corrected chi connectivity index (χ2v) is 10.7.